The van der Waals surface area contributed by atoms with Crippen LogP contribution in [0.2, 0.25) is 0 Å². The van der Waals surface area contributed by atoms with Crippen LogP contribution in [0.25, 0.3) is 0 Å². The smallest absolute Gasteiger partial charge is 0.491 e. The summed E-state index contributed by atoms with van der Waals surface area (Å²) < 4.78 is 14.2. The van der Waals surface area contributed by atoms with E-state index in [4.69, 9.17) is 74.7 Å². The zero-order valence-corrected chi connectivity index (χ0v) is 12.4. The first-order chi connectivity index (χ1) is 6.94. The molecule has 0 fully saturated rings. The molecule has 12 heteroatoms. The third-order valence-corrected chi connectivity index (χ3v) is 2.44. The number of alkyl halides is 6. The van der Waals surface area contributed by atoms with Crippen molar-refractivity contribution in [2.24, 2.45) is 0 Å². The number of ether oxygens (including phenoxy) is 1. The number of hydrogen-bond acceptors (Lipinski definition) is 5. The highest BCUT2D eigenvalue weighted by Crippen LogP contribution is 2.39. The fraction of sp³-hybridized carbons (Fsp3) is 1.00. The third-order valence-electron chi connectivity index (χ3n) is 0.982. The highest BCUT2D eigenvalue weighted by atomic mass is 35.6. The van der Waals surface area contributed by atoms with E-state index in [1.165, 1.54) is 0 Å². The van der Waals surface area contributed by atoms with E-state index in [0.717, 1.165) is 0 Å². The topological polar surface area (TPSA) is 78.8 Å². The predicted molar refractivity (Wildman–Crippen MR) is 60.2 cm³/mol. The Hall–Kier alpha value is 1.68. The molecule has 0 aromatic heterocycles. The maximum absolute atomic E-state index is 10.3. The summed E-state index contributed by atoms with van der Waals surface area (Å²) in [5.41, 5.74) is 0. The van der Waals surface area contributed by atoms with Crippen LogP contribution >= 0.6 is 77.9 Å². The highest BCUT2D eigenvalue weighted by Gasteiger charge is 2.44. The van der Waals surface area contributed by atoms with Crippen LogP contribution in [-0.2, 0) is 13.8 Å². The number of aliphatic hydroxyl groups excluding tert-OH is 1. The number of halogens is 6. The van der Waals surface area contributed by atoms with Gasteiger partial charge >= 0.3 is 8.25 Å². The molecule has 5 nitrogen and oxygen atoms in total. The second kappa shape index (κ2) is 6.73. The molecule has 0 aliphatic carbocycles. The van der Waals surface area contributed by atoms with Gasteiger partial charge in [-0.25, -0.2) is 0 Å². The van der Waals surface area contributed by atoms with Crippen LogP contribution in [0.4, 0.5) is 0 Å². The van der Waals surface area contributed by atoms with Gasteiger partial charge in [0.25, 0.3) is 6.29 Å². The van der Waals surface area contributed by atoms with Gasteiger partial charge in [-0.3, -0.25) is 0 Å². The van der Waals surface area contributed by atoms with Crippen LogP contribution in [0.3, 0.4) is 0 Å². The SMILES string of the molecule is O=[P+]([O-])OC(OC(O)C(Cl)(Cl)Cl)C(Cl)(Cl)Cl. The van der Waals surface area contributed by atoms with E-state index in [-0.39, 0.29) is 0 Å². The zero-order valence-electron chi connectivity index (χ0n) is 6.95. The molecule has 0 saturated heterocycles. The lowest BCUT2D eigenvalue weighted by molar-refractivity contribution is -0.231. The molecule has 0 aromatic rings. The lowest BCUT2D eigenvalue weighted by atomic mass is 10.6. The van der Waals surface area contributed by atoms with Gasteiger partial charge in [-0.1, -0.05) is 69.6 Å². The Morgan fingerprint density at radius 2 is 1.56 bits per heavy atom. The molecule has 0 radical (unpaired) electrons. The van der Waals surface area contributed by atoms with Crippen LogP contribution in [0.15, 0.2) is 0 Å². The zero-order chi connectivity index (χ0) is 13.1. The first-order valence-corrected chi connectivity index (χ1v) is 6.59. The second-order valence-electron chi connectivity index (χ2n) is 2.23. The first kappa shape index (κ1) is 17.7. The Morgan fingerprint density at radius 1 is 1.12 bits per heavy atom. The van der Waals surface area contributed by atoms with E-state index in [2.05, 4.69) is 9.26 Å². The third kappa shape index (κ3) is 7.19. The average Bonchev–Trinajstić information content (AvgIpc) is 1.98. The van der Waals surface area contributed by atoms with Gasteiger partial charge in [-0.15, -0.1) is 4.52 Å². The van der Waals surface area contributed by atoms with Crippen molar-refractivity contribution < 1.29 is 23.8 Å². The van der Waals surface area contributed by atoms with Crippen LogP contribution in [-0.4, -0.2) is 25.3 Å². The van der Waals surface area contributed by atoms with Gasteiger partial charge in [0.15, 0.2) is 0 Å². The van der Waals surface area contributed by atoms with Gasteiger partial charge in [-0.05, 0) is 4.57 Å². The Kier molecular flexibility index (Phi) is 7.44. The van der Waals surface area contributed by atoms with Crippen molar-refractivity contribution in [1.29, 1.82) is 0 Å². The molecule has 3 atom stereocenters. The molecule has 96 valence electrons. The molecule has 0 aliphatic heterocycles. The molecule has 0 saturated carbocycles. The van der Waals surface area contributed by atoms with Crippen molar-refractivity contribution in [3.63, 3.8) is 0 Å². The van der Waals surface area contributed by atoms with E-state index in [0.29, 0.717) is 0 Å². The second-order valence-corrected chi connectivity index (χ2v) is 7.63. The Labute approximate surface area is 121 Å². The minimum absolute atomic E-state index is 1.95. The molecule has 1 N–H and O–H groups in total. The summed E-state index contributed by atoms with van der Waals surface area (Å²) in [6.45, 7) is 0. The van der Waals surface area contributed by atoms with Crippen molar-refractivity contribution in [1.82, 2.24) is 0 Å². The lowest BCUT2D eigenvalue weighted by Gasteiger charge is -2.26. The van der Waals surface area contributed by atoms with Gasteiger partial charge in [0.05, 0.1) is 0 Å². The lowest BCUT2D eigenvalue weighted by Crippen LogP contribution is -2.39. The summed E-state index contributed by atoms with van der Waals surface area (Å²) in [6.07, 6.45) is -4.00. The van der Waals surface area contributed by atoms with E-state index in [1.54, 1.807) is 0 Å². The Morgan fingerprint density at radius 3 is 1.81 bits per heavy atom. The fourth-order valence-electron chi connectivity index (χ4n) is 0.434. The molecule has 16 heavy (non-hydrogen) atoms. The molecule has 0 heterocycles. The van der Waals surface area contributed by atoms with Crippen molar-refractivity contribution in [3.05, 3.63) is 0 Å². The van der Waals surface area contributed by atoms with Gasteiger partial charge < -0.3 is 14.7 Å². The standard InChI is InChI=1S/C4H3Cl6O5P/c5-3(6,7)1(11)14-2(4(8,9)10)15-16(12)13/h1-2,11H. The average molecular weight is 375 g/mol. The molecule has 0 amide bonds. The molecule has 0 spiro atoms. The summed E-state index contributed by atoms with van der Waals surface area (Å²) in [5.74, 6) is 0. The minimum Gasteiger partial charge on any atom is -0.566 e. The van der Waals surface area contributed by atoms with Gasteiger partial charge in [0.1, 0.15) is 0 Å². The van der Waals surface area contributed by atoms with Crippen molar-refractivity contribution in [2.75, 3.05) is 0 Å². The van der Waals surface area contributed by atoms with Crippen LogP contribution in [0.1, 0.15) is 0 Å². The number of rotatable bonds is 4. The van der Waals surface area contributed by atoms with E-state index < -0.39 is 28.4 Å². The molecule has 0 aliphatic rings. The van der Waals surface area contributed by atoms with Crippen molar-refractivity contribution in [2.45, 2.75) is 20.2 Å². The van der Waals surface area contributed by atoms with Crippen molar-refractivity contribution in [3.8, 4) is 0 Å². The normalized spacial score (nSPS) is 18.1. The maximum Gasteiger partial charge on any atom is 0.491 e. The predicted octanol–water partition coefficient (Wildman–Crippen LogP) is 2.42. The van der Waals surface area contributed by atoms with Gasteiger partial charge in [-0.2, -0.15) is 0 Å². The summed E-state index contributed by atoms with van der Waals surface area (Å²) >= 11 is 31.6. The fourth-order valence-corrected chi connectivity index (χ4v) is 1.43. The van der Waals surface area contributed by atoms with Gasteiger partial charge in [0, 0.05) is 0 Å². The molecule has 0 aromatic carbocycles. The summed E-state index contributed by atoms with van der Waals surface area (Å²) in [5, 5.41) is 9.16. The number of hydrogen-bond donors (Lipinski definition) is 1. The summed E-state index contributed by atoms with van der Waals surface area (Å²) in [6, 6.07) is 0. The van der Waals surface area contributed by atoms with E-state index in [1.807, 2.05) is 0 Å². The Bertz CT molecular complexity index is 250. The largest absolute Gasteiger partial charge is 0.566 e. The highest BCUT2D eigenvalue weighted by molar-refractivity contribution is 7.30. The van der Waals surface area contributed by atoms with Crippen molar-refractivity contribution >= 4 is 77.9 Å². The first-order valence-electron chi connectivity index (χ1n) is 3.22. The van der Waals surface area contributed by atoms with E-state index in [9.17, 15) is 9.46 Å². The summed E-state index contributed by atoms with van der Waals surface area (Å²) in [4.78, 5) is 10.3. The molecular weight excluding hydrogens is 372 g/mol. The molecule has 3 unspecified atom stereocenters. The quantitative estimate of drug-likeness (QED) is 0.464. The summed E-state index contributed by atoms with van der Waals surface area (Å²) in [7, 11) is -3.39. The minimum atomic E-state index is -3.39. The van der Waals surface area contributed by atoms with Crippen LogP contribution in [0.5, 0.6) is 0 Å². The molecule has 0 rings (SSSR count). The van der Waals surface area contributed by atoms with Crippen LogP contribution in [0, 0.1) is 0 Å². The Balaban J connectivity index is 4.62. The molecular formula is C4H3Cl6O5P. The monoisotopic (exact) mass is 372 g/mol. The molecule has 0 bridgehead atoms. The van der Waals surface area contributed by atoms with E-state index >= 15 is 0 Å². The van der Waals surface area contributed by atoms with Gasteiger partial charge in [0.2, 0.25) is 13.9 Å². The maximum atomic E-state index is 10.3. The number of aliphatic hydroxyl groups is 1. The van der Waals surface area contributed by atoms with Crippen LogP contribution < -0.4 is 4.89 Å².